The lowest BCUT2D eigenvalue weighted by Gasteiger charge is -2.21. The number of methoxy groups -OCH3 is 1. The molecule has 0 radical (unpaired) electrons. The first-order valence-electron chi connectivity index (χ1n) is 8.43. The van der Waals surface area contributed by atoms with Crippen LogP contribution in [0.15, 0.2) is 48.5 Å². The van der Waals surface area contributed by atoms with Crippen molar-refractivity contribution in [3.63, 3.8) is 0 Å². The summed E-state index contributed by atoms with van der Waals surface area (Å²) in [6.45, 7) is 2.14. The molecule has 2 rings (SSSR count). The SMILES string of the molecule is COc1ccccc1CCNC(=O)CCN(C(C)=O)c1ccc(F)cc1. The smallest absolute Gasteiger partial charge is 0.223 e. The fourth-order valence-electron chi connectivity index (χ4n) is 2.64. The average Bonchev–Trinajstić information content (AvgIpc) is 2.63. The van der Waals surface area contributed by atoms with Crippen LogP contribution in [0.4, 0.5) is 10.1 Å². The van der Waals surface area contributed by atoms with Gasteiger partial charge in [-0.3, -0.25) is 9.59 Å². The monoisotopic (exact) mass is 358 g/mol. The number of para-hydroxylation sites is 1. The highest BCUT2D eigenvalue weighted by Crippen LogP contribution is 2.17. The Morgan fingerprint density at radius 1 is 1.12 bits per heavy atom. The Bertz CT molecular complexity index is 747. The van der Waals surface area contributed by atoms with Crippen molar-refractivity contribution in [2.75, 3.05) is 25.1 Å². The number of hydrogen-bond acceptors (Lipinski definition) is 3. The van der Waals surface area contributed by atoms with Gasteiger partial charge in [-0.05, 0) is 42.3 Å². The largest absolute Gasteiger partial charge is 0.496 e. The second-order valence-electron chi connectivity index (χ2n) is 5.81. The van der Waals surface area contributed by atoms with Crippen LogP contribution in [0.3, 0.4) is 0 Å². The first kappa shape index (κ1) is 19.4. The minimum atomic E-state index is -0.369. The predicted octanol–water partition coefficient (Wildman–Crippen LogP) is 2.94. The number of benzene rings is 2. The van der Waals surface area contributed by atoms with Crippen molar-refractivity contribution in [3.05, 3.63) is 59.9 Å². The van der Waals surface area contributed by atoms with Crippen LogP contribution in [0.25, 0.3) is 0 Å². The first-order valence-corrected chi connectivity index (χ1v) is 8.43. The van der Waals surface area contributed by atoms with Gasteiger partial charge >= 0.3 is 0 Å². The van der Waals surface area contributed by atoms with Crippen LogP contribution < -0.4 is 15.0 Å². The fraction of sp³-hybridized carbons (Fsp3) is 0.300. The maximum atomic E-state index is 13.0. The van der Waals surface area contributed by atoms with Crippen molar-refractivity contribution >= 4 is 17.5 Å². The first-order chi connectivity index (χ1) is 12.5. The third-order valence-corrected chi connectivity index (χ3v) is 3.99. The van der Waals surface area contributed by atoms with Crippen LogP contribution in [0.5, 0.6) is 5.75 Å². The number of ether oxygens (including phenoxy) is 1. The van der Waals surface area contributed by atoms with E-state index in [-0.39, 0.29) is 30.6 Å². The zero-order valence-corrected chi connectivity index (χ0v) is 15.0. The molecule has 2 amide bonds. The highest BCUT2D eigenvalue weighted by Gasteiger charge is 2.13. The maximum Gasteiger partial charge on any atom is 0.223 e. The van der Waals surface area contributed by atoms with Crippen LogP contribution in [-0.2, 0) is 16.0 Å². The highest BCUT2D eigenvalue weighted by molar-refractivity contribution is 5.92. The van der Waals surface area contributed by atoms with Gasteiger partial charge in [0.25, 0.3) is 0 Å². The van der Waals surface area contributed by atoms with E-state index < -0.39 is 0 Å². The maximum absolute atomic E-state index is 13.0. The quantitative estimate of drug-likeness (QED) is 0.789. The third-order valence-electron chi connectivity index (χ3n) is 3.99. The Morgan fingerprint density at radius 3 is 2.46 bits per heavy atom. The molecule has 2 aromatic carbocycles. The number of hydrogen-bond donors (Lipinski definition) is 1. The van der Waals surface area contributed by atoms with Gasteiger partial charge < -0.3 is 15.0 Å². The van der Waals surface area contributed by atoms with Gasteiger partial charge in [-0.1, -0.05) is 18.2 Å². The fourth-order valence-corrected chi connectivity index (χ4v) is 2.64. The molecule has 6 heteroatoms. The summed E-state index contributed by atoms with van der Waals surface area (Å²) in [6, 6.07) is 13.3. The van der Waals surface area contributed by atoms with E-state index in [1.165, 1.54) is 36.1 Å². The average molecular weight is 358 g/mol. The molecule has 0 aromatic heterocycles. The van der Waals surface area contributed by atoms with E-state index in [0.29, 0.717) is 18.7 Å². The summed E-state index contributed by atoms with van der Waals surface area (Å²) in [5.41, 5.74) is 1.59. The Labute approximate surface area is 152 Å². The summed E-state index contributed by atoms with van der Waals surface area (Å²) >= 11 is 0. The van der Waals surface area contributed by atoms with Crippen molar-refractivity contribution in [3.8, 4) is 5.75 Å². The summed E-state index contributed by atoms with van der Waals surface area (Å²) in [6.07, 6.45) is 0.826. The number of anilines is 1. The summed E-state index contributed by atoms with van der Waals surface area (Å²) < 4.78 is 18.3. The van der Waals surface area contributed by atoms with Gasteiger partial charge in [0.15, 0.2) is 0 Å². The number of carbonyl (C=O) groups excluding carboxylic acids is 2. The lowest BCUT2D eigenvalue weighted by molar-refractivity contribution is -0.121. The van der Waals surface area contributed by atoms with Crippen molar-refractivity contribution in [1.82, 2.24) is 5.32 Å². The van der Waals surface area contributed by atoms with E-state index in [0.717, 1.165) is 11.3 Å². The molecule has 0 spiro atoms. The zero-order valence-electron chi connectivity index (χ0n) is 15.0. The number of carbonyl (C=O) groups is 2. The highest BCUT2D eigenvalue weighted by atomic mass is 19.1. The Kier molecular flexibility index (Phi) is 7.14. The van der Waals surface area contributed by atoms with Crippen LogP contribution in [-0.4, -0.2) is 32.0 Å². The van der Waals surface area contributed by atoms with Crippen molar-refractivity contribution < 1.29 is 18.7 Å². The number of amides is 2. The molecule has 0 saturated heterocycles. The van der Waals surface area contributed by atoms with Gasteiger partial charge in [0.2, 0.25) is 11.8 Å². The van der Waals surface area contributed by atoms with Gasteiger partial charge in [-0.15, -0.1) is 0 Å². The number of rotatable bonds is 8. The van der Waals surface area contributed by atoms with Crippen molar-refractivity contribution in [2.45, 2.75) is 19.8 Å². The van der Waals surface area contributed by atoms with Gasteiger partial charge in [-0.2, -0.15) is 0 Å². The Hall–Kier alpha value is -2.89. The number of nitrogens with zero attached hydrogens (tertiary/aromatic N) is 1. The van der Waals surface area contributed by atoms with E-state index in [1.807, 2.05) is 24.3 Å². The number of nitrogens with one attached hydrogen (secondary N) is 1. The molecule has 0 aliphatic carbocycles. The molecule has 0 saturated carbocycles. The summed E-state index contributed by atoms with van der Waals surface area (Å²) in [5, 5.41) is 2.84. The Balaban J connectivity index is 1.83. The number of halogens is 1. The second kappa shape index (κ2) is 9.56. The van der Waals surface area contributed by atoms with E-state index >= 15 is 0 Å². The van der Waals surface area contributed by atoms with Gasteiger partial charge in [0.05, 0.1) is 7.11 Å². The van der Waals surface area contributed by atoms with E-state index in [9.17, 15) is 14.0 Å². The molecule has 0 heterocycles. The molecule has 5 nitrogen and oxygen atoms in total. The lowest BCUT2D eigenvalue weighted by Crippen LogP contribution is -2.34. The molecular formula is C20H23FN2O3. The summed E-state index contributed by atoms with van der Waals surface area (Å²) in [7, 11) is 1.61. The van der Waals surface area contributed by atoms with Gasteiger partial charge in [0, 0.05) is 32.1 Å². The third kappa shape index (κ3) is 5.58. The van der Waals surface area contributed by atoms with Crippen LogP contribution in [0.1, 0.15) is 18.9 Å². The minimum absolute atomic E-state index is 0.145. The molecule has 138 valence electrons. The van der Waals surface area contributed by atoms with Gasteiger partial charge in [-0.25, -0.2) is 4.39 Å². The zero-order chi connectivity index (χ0) is 18.9. The molecule has 0 unspecified atom stereocenters. The second-order valence-corrected chi connectivity index (χ2v) is 5.81. The van der Waals surface area contributed by atoms with Crippen LogP contribution in [0.2, 0.25) is 0 Å². The van der Waals surface area contributed by atoms with E-state index in [2.05, 4.69) is 5.32 Å². The molecule has 0 fully saturated rings. The minimum Gasteiger partial charge on any atom is -0.496 e. The van der Waals surface area contributed by atoms with E-state index in [1.54, 1.807) is 7.11 Å². The standard InChI is InChI=1S/C20H23FN2O3/c1-15(24)23(18-9-7-17(21)8-10-18)14-12-20(25)22-13-11-16-5-3-4-6-19(16)26-2/h3-10H,11-14H2,1-2H3,(H,22,25). The van der Waals surface area contributed by atoms with E-state index in [4.69, 9.17) is 4.74 Å². The molecular weight excluding hydrogens is 335 g/mol. The topological polar surface area (TPSA) is 58.6 Å². The molecule has 0 aliphatic rings. The molecule has 2 aromatic rings. The lowest BCUT2D eigenvalue weighted by atomic mass is 10.1. The summed E-state index contributed by atoms with van der Waals surface area (Å²) in [4.78, 5) is 25.3. The molecule has 0 bridgehead atoms. The molecule has 0 atom stereocenters. The molecule has 26 heavy (non-hydrogen) atoms. The molecule has 0 aliphatic heterocycles. The van der Waals surface area contributed by atoms with Crippen molar-refractivity contribution in [1.29, 1.82) is 0 Å². The Morgan fingerprint density at radius 2 is 1.81 bits per heavy atom. The normalized spacial score (nSPS) is 10.3. The summed E-state index contributed by atoms with van der Waals surface area (Å²) in [5.74, 6) is 0.0823. The van der Waals surface area contributed by atoms with Crippen LogP contribution in [0, 0.1) is 5.82 Å². The van der Waals surface area contributed by atoms with Crippen LogP contribution >= 0.6 is 0 Å². The molecule has 1 N–H and O–H groups in total. The van der Waals surface area contributed by atoms with Gasteiger partial charge in [0.1, 0.15) is 11.6 Å². The predicted molar refractivity (Wildman–Crippen MR) is 98.8 cm³/mol. The van der Waals surface area contributed by atoms with Crippen molar-refractivity contribution in [2.24, 2.45) is 0 Å².